The fourth-order valence-electron chi connectivity index (χ4n) is 1.92. The van der Waals surface area contributed by atoms with E-state index >= 15 is 0 Å². The number of ether oxygens (including phenoxy) is 1. The largest absolute Gasteiger partial charge is 0.390 e. The Morgan fingerprint density at radius 2 is 2.00 bits per heavy atom. The van der Waals surface area contributed by atoms with E-state index in [-0.39, 0.29) is 0 Å². The van der Waals surface area contributed by atoms with Gasteiger partial charge in [0.05, 0.1) is 12.7 Å². The van der Waals surface area contributed by atoms with Gasteiger partial charge in [0.15, 0.2) is 4.34 Å². The highest BCUT2D eigenvalue weighted by Crippen LogP contribution is 2.28. The van der Waals surface area contributed by atoms with Crippen LogP contribution in [0.5, 0.6) is 0 Å². The first kappa shape index (κ1) is 19.2. The van der Waals surface area contributed by atoms with Gasteiger partial charge in [-0.1, -0.05) is 43.0 Å². The van der Waals surface area contributed by atoms with Crippen molar-refractivity contribution in [3.63, 3.8) is 0 Å². The highest BCUT2D eigenvalue weighted by atomic mass is 32.2. The van der Waals surface area contributed by atoms with Crippen molar-refractivity contribution < 1.29 is 9.84 Å². The highest BCUT2D eigenvalue weighted by molar-refractivity contribution is 8.01. The third-order valence-corrected chi connectivity index (χ3v) is 5.44. The number of thioether (sulfide) groups is 1. The summed E-state index contributed by atoms with van der Waals surface area (Å²) in [6.45, 7) is 9.39. The van der Waals surface area contributed by atoms with Crippen LogP contribution in [0.1, 0.15) is 25.0 Å². The Bertz CT molecular complexity index is 647. The molecule has 0 radical (unpaired) electrons. The van der Waals surface area contributed by atoms with Gasteiger partial charge in [-0.25, -0.2) is 0 Å². The minimum Gasteiger partial charge on any atom is -0.390 e. The lowest BCUT2D eigenvalue weighted by atomic mass is 10.1. The first-order valence-corrected chi connectivity index (χ1v) is 9.80. The van der Waals surface area contributed by atoms with Crippen LogP contribution in [-0.2, 0) is 4.74 Å². The second-order valence-electron chi connectivity index (χ2n) is 6.19. The Kier molecular flexibility index (Phi) is 7.48. The molecular formula is C17H25N3O2S2. The average Bonchev–Trinajstić information content (AvgIpc) is 2.96. The molecule has 1 heterocycles. The molecule has 0 aliphatic heterocycles. The van der Waals surface area contributed by atoms with Crippen LogP contribution < -0.4 is 5.32 Å². The van der Waals surface area contributed by atoms with Gasteiger partial charge in [-0.15, -0.1) is 10.2 Å². The van der Waals surface area contributed by atoms with Crippen LogP contribution in [0, 0.1) is 19.8 Å². The number of nitrogens with zero attached hydrogens (tertiary/aromatic N) is 2. The molecule has 1 aromatic carbocycles. The molecule has 24 heavy (non-hydrogen) atoms. The van der Waals surface area contributed by atoms with E-state index in [9.17, 15) is 5.11 Å². The molecule has 1 unspecified atom stereocenters. The Morgan fingerprint density at radius 3 is 2.71 bits per heavy atom. The van der Waals surface area contributed by atoms with Gasteiger partial charge < -0.3 is 15.2 Å². The molecule has 5 nitrogen and oxygen atoms in total. The van der Waals surface area contributed by atoms with Crippen LogP contribution in [0.25, 0.3) is 0 Å². The maximum Gasteiger partial charge on any atom is 0.210 e. The van der Waals surface area contributed by atoms with E-state index in [0.717, 1.165) is 15.2 Å². The van der Waals surface area contributed by atoms with E-state index in [1.165, 1.54) is 34.2 Å². The predicted molar refractivity (Wildman–Crippen MR) is 101 cm³/mol. The van der Waals surface area contributed by atoms with Crippen LogP contribution in [0.15, 0.2) is 22.5 Å². The summed E-state index contributed by atoms with van der Waals surface area (Å²) in [7, 11) is 0. The molecule has 1 aromatic heterocycles. The van der Waals surface area contributed by atoms with Crippen molar-refractivity contribution in [2.24, 2.45) is 5.92 Å². The first-order chi connectivity index (χ1) is 11.4. The second-order valence-corrected chi connectivity index (χ2v) is 8.44. The molecular weight excluding hydrogens is 342 g/mol. The summed E-state index contributed by atoms with van der Waals surface area (Å²) in [4.78, 5) is 0. The quantitative estimate of drug-likeness (QED) is 0.653. The summed E-state index contributed by atoms with van der Waals surface area (Å²) in [5, 5.41) is 22.2. The summed E-state index contributed by atoms with van der Waals surface area (Å²) >= 11 is 2.99. The molecule has 7 heteroatoms. The maximum absolute atomic E-state index is 9.92. The fraction of sp³-hybridized carbons (Fsp3) is 0.529. The minimum absolute atomic E-state index is 0.359. The van der Waals surface area contributed by atoms with Crippen molar-refractivity contribution in [3.8, 4) is 0 Å². The SMILES string of the molecule is Cc1ccc(Nc2nnc(SCC(O)COCC(C)C)s2)cc1C. The maximum atomic E-state index is 9.92. The molecule has 0 saturated heterocycles. The van der Waals surface area contributed by atoms with Gasteiger partial charge in [0.25, 0.3) is 0 Å². The van der Waals surface area contributed by atoms with Crippen LogP contribution in [-0.4, -0.2) is 40.4 Å². The third kappa shape index (κ3) is 6.39. The zero-order valence-corrected chi connectivity index (χ0v) is 16.2. The lowest BCUT2D eigenvalue weighted by molar-refractivity contribution is 0.0364. The van der Waals surface area contributed by atoms with E-state index in [1.54, 1.807) is 0 Å². The number of aromatic nitrogens is 2. The molecule has 0 bridgehead atoms. The molecule has 0 spiro atoms. The monoisotopic (exact) mass is 367 g/mol. The van der Waals surface area contributed by atoms with Crippen molar-refractivity contribution in [3.05, 3.63) is 29.3 Å². The number of anilines is 2. The van der Waals surface area contributed by atoms with Gasteiger partial charge in [0, 0.05) is 18.0 Å². The topological polar surface area (TPSA) is 67.3 Å². The van der Waals surface area contributed by atoms with Gasteiger partial charge in [0.1, 0.15) is 0 Å². The zero-order chi connectivity index (χ0) is 17.5. The number of hydrogen-bond donors (Lipinski definition) is 2. The van der Waals surface area contributed by atoms with Crippen LogP contribution in [0.4, 0.5) is 10.8 Å². The molecule has 2 rings (SSSR count). The normalized spacial score (nSPS) is 12.6. The summed E-state index contributed by atoms with van der Waals surface area (Å²) in [6, 6.07) is 6.22. The van der Waals surface area contributed by atoms with E-state index in [0.29, 0.717) is 24.9 Å². The van der Waals surface area contributed by atoms with Crippen molar-refractivity contribution >= 4 is 33.9 Å². The Morgan fingerprint density at radius 1 is 1.21 bits per heavy atom. The predicted octanol–water partition coefficient (Wildman–Crippen LogP) is 4.02. The first-order valence-electron chi connectivity index (χ1n) is 8.00. The Labute approximate surface area is 151 Å². The number of hydrogen-bond acceptors (Lipinski definition) is 7. The number of aliphatic hydroxyl groups excluding tert-OH is 1. The van der Waals surface area contributed by atoms with E-state index in [4.69, 9.17) is 4.74 Å². The molecule has 1 atom stereocenters. The van der Waals surface area contributed by atoms with Gasteiger partial charge in [0.2, 0.25) is 5.13 Å². The number of rotatable bonds is 9. The van der Waals surface area contributed by atoms with Crippen molar-refractivity contribution in [1.29, 1.82) is 0 Å². The van der Waals surface area contributed by atoms with E-state index in [1.807, 2.05) is 6.07 Å². The Hall–Kier alpha value is -1.15. The molecule has 0 fully saturated rings. The molecule has 2 aromatic rings. The fourth-order valence-corrected chi connectivity index (χ4v) is 3.62. The molecule has 0 saturated carbocycles. The summed E-state index contributed by atoms with van der Waals surface area (Å²) in [5.41, 5.74) is 3.51. The van der Waals surface area contributed by atoms with Crippen LogP contribution >= 0.6 is 23.1 Å². The number of nitrogens with one attached hydrogen (secondary N) is 1. The standard InChI is InChI=1S/C17H25N3O2S2/c1-11(2)8-22-9-15(21)10-23-17-20-19-16(24-17)18-14-6-5-12(3)13(4)7-14/h5-7,11,15,21H,8-10H2,1-4H3,(H,18,19). The minimum atomic E-state index is -0.492. The van der Waals surface area contributed by atoms with Crippen LogP contribution in [0.3, 0.4) is 0 Å². The summed E-state index contributed by atoms with van der Waals surface area (Å²) in [6.07, 6.45) is -0.492. The van der Waals surface area contributed by atoms with Crippen molar-refractivity contribution in [1.82, 2.24) is 10.2 Å². The Balaban J connectivity index is 1.79. The van der Waals surface area contributed by atoms with Gasteiger partial charge >= 0.3 is 0 Å². The lowest BCUT2D eigenvalue weighted by Gasteiger charge is -2.11. The molecule has 132 valence electrons. The molecule has 0 aliphatic rings. The smallest absolute Gasteiger partial charge is 0.210 e. The van der Waals surface area contributed by atoms with E-state index < -0.39 is 6.10 Å². The lowest BCUT2D eigenvalue weighted by Crippen LogP contribution is -2.19. The highest BCUT2D eigenvalue weighted by Gasteiger charge is 2.10. The summed E-state index contributed by atoms with van der Waals surface area (Å²) < 4.78 is 6.28. The molecule has 2 N–H and O–H groups in total. The van der Waals surface area contributed by atoms with Gasteiger partial charge in [-0.2, -0.15) is 0 Å². The zero-order valence-electron chi connectivity index (χ0n) is 14.6. The van der Waals surface area contributed by atoms with Gasteiger partial charge in [-0.3, -0.25) is 0 Å². The average molecular weight is 368 g/mol. The van der Waals surface area contributed by atoms with Gasteiger partial charge in [-0.05, 0) is 43.0 Å². The number of benzene rings is 1. The number of aliphatic hydroxyl groups is 1. The van der Waals surface area contributed by atoms with Crippen molar-refractivity contribution in [2.75, 3.05) is 24.3 Å². The molecule has 0 aliphatic carbocycles. The number of aryl methyl sites for hydroxylation is 2. The van der Waals surface area contributed by atoms with Crippen LogP contribution in [0.2, 0.25) is 0 Å². The second kappa shape index (κ2) is 9.36. The van der Waals surface area contributed by atoms with Crippen molar-refractivity contribution in [2.45, 2.75) is 38.1 Å². The van der Waals surface area contributed by atoms with E-state index in [2.05, 4.69) is 55.3 Å². The summed E-state index contributed by atoms with van der Waals surface area (Å²) in [5.74, 6) is 1.03. The molecule has 0 amide bonds. The third-order valence-electron chi connectivity index (χ3n) is 3.33.